The highest BCUT2D eigenvalue weighted by molar-refractivity contribution is 5.45. The van der Waals surface area contributed by atoms with E-state index in [-0.39, 0.29) is 5.56 Å². The average Bonchev–Trinajstić information content (AvgIpc) is 2.47. The van der Waals surface area contributed by atoms with Crippen LogP contribution in [0.1, 0.15) is 29.5 Å². The average molecular weight is 250 g/mol. The summed E-state index contributed by atoms with van der Waals surface area (Å²) >= 11 is 0. The number of fused-ring (bicyclic) bond motifs is 1. The highest BCUT2D eigenvalue weighted by Crippen LogP contribution is 2.23. The molecule has 19 heavy (non-hydrogen) atoms. The summed E-state index contributed by atoms with van der Waals surface area (Å²) in [6.07, 6.45) is 5.91. The van der Waals surface area contributed by atoms with Crippen LogP contribution in [-0.2, 0) is 12.8 Å². The van der Waals surface area contributed by atoms with Crippen LogP contribution in [0.4, 0.5) is 0 Å². The molecule has 0 spiro atoms. The van der Waals surface area contributed by atoms with Gasteiger partial charge in [0.05, 0.1) is 0 Å². The molecule has 94 valence electrons. The van der Waals surface area contributed by atoms with E-state index in [9.17, 15) is 10.1 Å². The SMILES string of the molecule is N#Cc1c2c(cn(-c3ccccc3)c1=O)CCCC2. The number of nitriles is 1. The van der Waals surface area contributed by atoms with Crippen molar-refractivity contribution in [2.24, 2.45) is 0 Å². The molecular weight excluding hydrogens is 236 g/mol. The summed E-state index contributed by atoms with van der Waals surface area (Å²) in [7, 11) is 0. The van der Waals surface area contributed by atoms with Crippen LogP contribution >= 0.6 is 0 Å². The zero-order valence-electron chi connectivity index (χ0n) is 10.6. The van der Waals surface area contributed by atoms with Gasteiger partial charge in [-0.15, -0.1) is 0 Å². The number of aromatic nitrogens is 1. The quantitative estimate of drug-likeness (QED) is 0.781. The van der Waals surface area contributed by atoms with E-state index < -0.39 is 0 Å². The first kappa shape index (κ1) is 11.7. The van der Waals surface area contributed by atoms with E-state index >= 15 is 0 Å². The Morgan fingerprint density at radius 3 is 2.58 bits per heavy atom. The summed E-state index contributed by atoms with van der Waals surface area (Å²) in [5.74, 6) is 0. The van der Waals surface area contributed by atoms with Crippen molar-refractivity contribution in [1.29, 1.82) is 5.26 Å². The molecule has 0 saturated heterocycles. The Kier molecular flexibility index (Phi) is 2.92. The molecule has 3 rings (SSSR count). The van der Waals surface area contributed by atoms with Crippen LogP contribution in [-0.4, -0.2) is 4.57 Å². The molecule has 1 aliphatic rings. The second kappa shape index (κ2) is 4.74. The number of hydrogen-bond donors (Lipinski definition) is 0. The van der Waals surface area contributed by atoms with Crippen molar-refractivity contribution in [3.8, 4) is 11.8 Å². The first-order valence-electron chi connectivity index (χ1n) is 6.54. The van der Waals surface area contributed by atoms with Gasteiger partial charge in [-0.05, 0) is 48.9 Å². The third-order valence-electron chi connectivity index (χ3n) is 3.68. The second-order valence-electron chi connectivity index (χ2n) is 4.84. The van der Waals surface area contributed by atoms with E-state index in [2.05, 4.69) is 6.07 Å². The molecular formula is C16H14N2O. The van der Waals surface area contributed by atoms with Gasteiger partial charge in [0.2, 0.25) is 0 Å². The summed E-state index contributed by atoms with van der Waals surface area (Å²) in [5, 5.41) is 9.28. The van der Waals surface area contributed by atoms with Gasteiger partial charge in [0.15, 0.2) is 0 Å². The largest absolute Gasteiger partial charge is 0.283 e. The van der Waals surface area contributed by atoms with Crippen LogP contribution in [0.5, 0.6) is 0 Å². The first-order chi connectivity index (χ1) is 9.31. The molecule has 0 amide bonds. The van der Waals surface area contributed by atoms with Gasteiger partial charge in [-0.3, -0.25) is 9.36 Å². The maximum absolute atomic E-state index is 12.4. The van der Waals surface area contributed by atoms with Crippen molar-refractivity contribution in [3.63, 3.8) is 0 Å². The Balaban J connectivity index is 2.28. The van der Waals surface area contributed by atoms with Gasteiger partial charge in [-0.25, -0.2) is 0 Å². The maximum Gasteiger partial charge on any atom is 0.273 e. The van der Waals surface area contributed by atoms with E-state index in [1.54, 1.807) is 4.57 Å². The fourth-order valence-corrected chi connectivity index (χ4v) is 2.72. The number of aryl methyl sites for hydroxylation is 1. The summed E-state index contributed by atoms with van der Waals surface area (Å²) in [5.41, 5.74) is 3.05. The van der Waals surface area contributed by atoms with Crippen LogP contribution in [0.25, 0.3) is 5.69 Å². The third kappa shape index (κ3) is 1.96. The molecule has 0 atom stereocenters. The van der Waals surface area contributed by atoms with Crippen molar-refractivity contribution in [1.82, 2.24) is 4.57 Å². The molecule has 1 aliphatic carbocycles. The molecule has 0 radical (unpaired) electrons. The molecule has 0 saturated carbocycles. The third-order valence-corrected chi connectivity index (χ3v) is 3.68. The van der Waals surface area contributed by atoms with E-state index in [0.29, 0.717) is 5.56 Å². The number of para-hydroxylation sites is 1. The lowest BCUT2D eigenvalue weighted by Crippen LogP contribution is -2.25. The molecule has 0 bridgehead atoms. The minimum Gasteiger partial charge on any atom is -0.283 e. The van der Waals surface area contributed by atoms with Gasteiger partial charge in [-0.2, -0.15) is 5.26 Å². The summed E-state index contributed by atoms with van der Waals surface area (Å²) in [6, 6.07) is 11.6. The van der Waals surface area contributed by atoms with E-state index in [1.807, 2.05) is 36.5 Å². The van der Waals surface area contributed by atoms with Gasteiger partial charge in [0.25, 0.3) is 5.56 Å². The Hall–Kier alpha value is -2.34. The van der Waals surface area contributed by atoms with Crippen LogP contribution in [0.15, 0.2) is 41.3 Å². The molecule has 3 nitrogen and oxygen atoms in total. The minimum absolute atomic E-state index is 0.200. The lowest BCUT2D eigenvalue weighted by atomic mass is 9.90. The van der Waals surface area contributed by atoms with E-state index in [0.717, 1.165) is 42.5 Å². The summed E-state index contributed by atoms with van der Waals surface area (Å²) < 4.78 is 1.60. The lowest BCUT2D eigenvalue weighted by Gasteiger charge is -2.18. The molecule has 0 aliphatic heterocycles. The first-order valence-corrected chi connectivity index (χ1v) is 6.54. The highest BCUT2D eigenvalue weighted by Gasteiger charge is 2.18. The Morgan fingerprint density at radius 1 is 1.11 bits per heavy atom. The highest BCUT2D eigenvalue weighted by atomic mass is 16.1. The van der Waals surface area contributed by atoms with E-state index in [4.69, 9.17) is 0 Å². The topological polar surface area (TPSA) is 45.8 Å². The standard InChI is InChI=1S/C16H14N2O/c17-10-15-14-9-5-4-6-12(14)11-18(16(15)19)13-7-2-1-3-8-13/h1-3,7-8,11H,4-6,9H2. The monoisotopic (exact) mass is 250 g/mol. The van der Waals surface area contributed by atoms with Crippen molar-refractivity contribution >= 4 is 0 Å². The maximum atomic E-state index is 12.4. The number of rotatable bonds is 1. The normalized spacial score (nSPS) is 13.6. The van der Waals surface area contributed by atoms with Crippen molar-refractivity contribution in [3.05, 3.63) is 63.6 Å². The fraction of sp³-hybridized carbons (Fsp3) is 0.250. The summed E-state index contributed by atoms with van der Waals surface area (Å²) in [4.78, 5) is 12.4. The molecule has 3 heteroatoms. The van der Waals surface area contributed by atoms with Crippen LogP contribution in [0, 0.1) is 11.3 Å². The minimum atomic E-state index is -0.200. The number of pyridine rings is 1. The molecule has 1 heterocycles. The zero-order chi connectivity index (χ0) is 13.2. The Labute approximate surface area is 111 Å². The number of nitrogens with zero attached hydrogens (tertiary/aromatic N) is 2. The molecule has 0 N–H and O–H groups in total. The smallest absolute Gasteiger partial charge is 0.273 e. The zero-order valence-corrected chi connectivity index (χ0v) is 10.6. The van der Waals surface area contributed by atoms with E-state index in [1.165, 1.54) is 0 Å². The van der Waals surface area contributed by atoms with Crippen LogP contribution < -0.4 is 5.56 Å². The molecule has 0 unspecified atom stereocenters. The Morgan fingerprint density at radius 2 is 1.84 bits per heavy atom. The molecule has 1 aromatic heterocycles. The van der Waals surface area contributed by atoms with Crippen molar-refractivity contribution in [2.45, 2.75) is 25.7 Å². The van der Waals surface area contributed by atoms with Gasteiger partial charge >= 0.3 is 0 Å². The van der Waals surface area contributed by atoms with Gasteiger partial charge < -0.3 is 0 Å². The number of hydrogen-bond acceptors (Lipinski definition) is 2. The van der Waals surface area contributed by atoms with Crippen LogP contribution in [0.2, 0.25) is 0 Å². The second-order valence-corrected chi connectivity index (χ2v) is 4.84. The van der Waals surface area contributed by atoms with Crippen molar-refractivity contribution in [2.75, 3.05) is 0 Å². The predicted octanol–water partition coefficient (Wildman–Crippen LogP) is 2.59. The number of benzene rings is 1. The molecule has 2 aromatic rings. The van der Waals surface area contributed by atoms with Gasteiger partial charge in [0.1, 0.15) is 11.6 Å². The summed E-state index contributed by atoms with van der Waals surface area (Å²) in [6.45, 7) is 0. The molecule has 1 aromatic carbocycles. The Bertz CT molecular complexity index is 708. The predicted molar refractivity (Wildman–Crippen MR) is 73.4 cm³/mol. The lowest BCUT2D eigenvalue weighted by molar-refractivity contribution is 0.673. The van der Waals surface area contributed by atoms with Crippen molar-refractivity contribution < 1.29 is 0 Å². The fourth-order valence-electron chi connectivity index (χ4n) is 2.72. The van der Waals surface area contributed by atoms with Crippen LogP contribution in [0.3, 0.4) is 0 Å². The van der Waals surface area contributed by atoms with Gasteiger partial charge in [-0.1, -0.05) is 18.2 Å². The van der Waals surface area contributed by atoms with Gasteiger partial charge in [0, 0.05) is 11.9 Å². The molecule has 0 fully saturated rings.